The number of hydrogen-bond acceptors (Lipinski definition) is 10. The van der Waals surface area contributed by atoms with Crippen LogP contribution in [0.4, 0.5) is 5.82 Å². The number of nitrogens with zero attached hydrogens (tertiary/aromatic N) is 3. The molecule has 3 rings (SSSR count). The van der Waals surface area contributed by atoms with Gasteiger partial charge in [-0.15, -0.1) is 0 Å². The van der Waals surface area contributed by atoms with Crippen LogP contribution in [-0.4, -0.2) is 67.6 Å². The number of rotatable bonds is 5. The van der Waals surface area contributed by atoms with Gasteiger partial charge in [-0.05, 0) is 13.8 Å². The largest absolute Gasteiger partial charge is 0.462 e. The molecule has 12 nitrogen and oxygen atoms in total. The molecule has 152 valence electrons. The van der Waals surface area contributed by atoms with E-state index < -0.39 is 42.5 Å². The van der Waals surface area contributed by atoms with Crippen molar-refractivity contribution >= 4 is 28.7 Å². The Balaban J connectivity index is 1.96. The van der Waals surface area contributed by atoms with E-state index in [0.29, 0.717) is 5.82 Å². The van der Waals surface area contributed by atoms with Crippen LogP contribution in [0.2, 0.25) is 0 Å². The monoisotopic (exact) mass is 394 g/mol. The highest BCUT2D eigenvalue weighted by Gasteiger charge is 2.45. The Morgan fingerprint density at radius 1 is 1.36 bits per heavy atom. The molecule has 1 aliphatic rings. The molecule has 28 heavy (non-hydrogen) atoms. The number of primary amides is 1. The summed E-state index contributed by atoms with van der Waals surface area (Å²) in [5.41, 5.74) is 17.0. The van der Waals surface area contributed by atoms with Crippen LogP contribution in [0.15, 0.2) is 6.20 Å². The van der Waals surface area contributed by atoms with E-state index in [9.17, 15) is 19.8 Å². The van der Waals surface area contributed by atoms with Crippen LogP contribution >= 0.6 is 0 Å². The van der Waals surface area contributed by atoms with Gasteiger partial charge in [0.2, 0.25) is 0 Å². The van der Waals surface area contributed by atoms with Crippen molar-refractivity contribution in [2.24, 2.45) is 11.5 Å². The van der Waals surface area contributed by atoms with E-state index >= 15 is 0 Å². The zero-order valence-electron chi connectivity index (χ0n) is 15.3. The van der Waals surface area contributed by atoms with E-state index in [0.717, 1.165) is 0 Å². The first-order valence-electron chi connectivity index (χ1n) is 8.50. The van der Waals surface area contributed by atoms with Crippen molar-refractivity contribution in [3.63, 3.8) is 0 Å². The number of anilines is 1. The number of esters is 1. The number of carbonyl (C=O) groups excluding carboxylic acids is 2. The van der Waals surface area contributed by atoms with Gasteiger partial charge in [0.1, 0.15) is 48.3 Å². The number of aliphatic hydroxyl groups excluding tert-OH is 2. The lowest BCUT2D eigenvalue weighted by molar-refractivity contribution is -0.151. The minimum absolute atomic E-state index is 0.0459. The van der Waals surface area contributed by atoms with Gasteiger partial charge in [0.15, 0.2) is 6.23 Å². The number of ether oxygens (including phenoxy) is 2. The van der Waals surface area contributed by atoms with Gasteiger partial charge in [0.05, 0.1) is 10.9 Å². The van der Waals surface area contributed by atoms with Crippen LogP contribution in [0.3, 0.4) is 0 Å². The van der Waals surface area contributed by atoms with Crippen molar-refractivity contribution in [2.45, 2.75) is 44.4 Å². The average molecular weight is 394 g/mol. The molecule has 0 radical (unpaired) electrons. The normalized spacial score (nSPS) is 25.8. The first-order chi connectivity index (χ1) is 13.1. The molecular weight excluding hydrogens is 372 g/mol. The highest BCUT2D eigenvalue weighted by Crippen LogP contribution is 2.35. The third-order valence-electron chi connectivity index (χ3n) is 4.45. The standard InChI is InChI=1S/C16H22N6O6/c1-5(17)16(26)27-4-8-10(23)11(24)15(28-8)22-3-7(13(19)25)9-12(18)20-6(2)21-14(9)22/h3,5,8,10-11,15,23-24H,4,17H2,1-2H3,(H2,19,25)(H2,18,20,21)/t5-,8?,10?,11?,15?/m0/s1. The van der Waals surface area contributed by atoms with E-state index in [4.69, 9.17) is 26.7 Å². The lowest BCUT2D eigenvalue weighted by atomic mass is 10.1. The zero-order valence-corrected chi connectivity index (χ0v) is 15.3. The quantitative estimate of drug-likeness (QED) is 0.351. The minimum Gasteiger partial charge on any atom is -0.462 e. The van der Waals surface area contributed by atoms with Crippen LogP contribution in [0.25, 0.3) is 11.0 Å². The van der Waals surface area contributed by atoms with Crippen LogP contribution < -0.4 is 17.2 Å². The van der Waals surface area contributed by atoms with Gasteiger partial charge in [-0.2, -0.15) is 0 Å². The summed E-state index contributed by atoms with van der Waals surface area (Å²) in [7, 11) is 0. The lowest BCUT2D eigenvalue weighted by Crippen LogP contribution is -2.36. The molecule has 0 spiro atoms. The number of aromatic nitrogens is 3. The fraction of sp³-hybridized carbons (Fsp3) is 0.500. The molecule has 1 saturated heterocycles. The van der Waals surface area contributed by atoms with Crippen molar-refractivity contribution in [3.8, 4) is 0 Å². The number of nitrogens with two attached hydrogens (primary N) is 3. The fourth-order valence-electron chi connectivity index (χ4n) is 3.06. The van der Waals surface area contributed by atoms with Crippen molar-refractivity contribution in [1.29, 1.82) is 0 Å². The Morgan fingerprint density at radius 3 is 2.64 bits per heavy atom. The van der Waals surface area contributed by atoms with Crippen molar-refractivity contribution < 1.29 is 29.3 Å². The fourth-order valence-corrected chi connectivity index (χ4v) is 3.06. The molecule has 0 bridgehead atoms. The van der Waals surface area contributed by atoms with Crippen LogP contribution in [-0.2, 0) is 14.3 Å². The van der Waals surface area contributed by atoms with Crippen LogP contribution in [0.5, 0.6) is 0 Å². The van der Waals surface area contributed by atoms with E-state index in [1.54, 1.807) is 6.92 Å². The maximum atomic E-state index is 11.8. The Labute approximate surface area is 159 Å². The smallest absolute Gasteiger partial charge is 0.322 e. The second-order valence-corrected chi connectivity index (χ2v) is 6.63. The summed E-state index contributed by atoms with van der Waals surface area (Å²) in [6.45, 7) is 2.75. The van der Waals surface area contributed by atoms with Gasteiger partial charge >= 0.3 is 5.97 Å². The molecule has 8 N–H and O–H groups in total. The van der Waals surface area contributed by atoms with Crippen molar-refractivity contribution in [3.05, 3.63) is 17.6 Å². The summed E-state index contributed by atoms with van der Waals surface area (Å²) in [5.74, 6) is -1.06. The molecule has 4 unspecified atom stereocenters. The molecule has 12 heteroatoms. The van der Waals surface area contributed by atoms with Gasteiger partial charge in [0.25, 0.3) is 5.91 Å². The molecule has 3 heterocycles. The zero-order chi connectivity index (χ0) is 20.7. The predicted octanol–water partition coefficient (Wildman–Crippen LogP) is -2.07. The van der Waals surface area contributed by atoms with Crippen molar-refractivity contribution in [2.75, 3.05) is 12.3 Å². The number of amides is 1. The first-order valence-corrected chi connectivity index (χ1v) is 8.50. The Bertz CT molecular complexity index is 928. The third kappa shape index (κ3) is 3.38. The summed E-state index contributed by atoms with van der Waals surface area (Å²) >= 11 is 0. The van der Waals surface area contributed by atoms with Gasteiger partial charge in [-0.3, -0.25) is 9.59 Å². The maximum Gasteiger partial charge on any atom is 0.322 e. The van der Waals surface area contributed by atoms with E-state index in [1.165, 1.54) is 17.7 Å². The minimum atomic E-state index is -1.40. The molecule has 1 aliphatic heterocycles. The summed E-state index contributed by atoms with van der Waals surface area (Å²) in [4.78, 5) is 31.6. The summed E-state index contributed by atoms with van der Waals surface area (Å²) in [6.07, 6.45) is -3.57. The van der Waals surface area contributed by atoms with E-state index in [1.807, 2.05) is 0 Å². The number of aliphatic hydroxyl groups is 2. The van der Waals surface area contributed by atoms with Gasteiger partial charge in [0, 0.05) is 6.20 Å². The molecule has 2 aromatic heterocycles. The second kappa shape index (κ2) is 7.31. The molecule has 0 aromatic carbocycles. The van der Waals surface area contributed by atoms with Crippen LogP contribution in [0.1, 0.15) is 29.3 Å². The SMILES string of the molecule is Cc1nc(N)c2c(C(N)=O)cn(C3OC(COC(=O)[C@H](C)N)C(O)C3O)c2n1. The van der Waals surface area contributed by atoms with Gasteiger partial charge in [-0.1, -0.05) is 0 Å². The molecule has 1 amide bonds. The number of aryl methyl sites for hydroxylation is 1. The summed E-state index contributed by atoms with van der Waals surface area (Å²) in [6, 6.07) is -0.839. The molecule has 5 atom stereocenters. The molecular formula is C16H22N6O6. The Kier molecular flexibility index (Phi) is 5.21. The van der Waals surface area contributed by atoms with E-state index in [-0.39, 0.29) is 29.0 Å². The molecule has 0 aliphatic carbocycles. The molecule has 1 fully saturated rings. The summed E-state index contributed by atoms with van der Waals surface area (Å²) < 4.78 is 12.0. The van der Waals surface area contributed by atoms with Gasteiger partial charge < -0.3 is 41.5 Å². The molecule has 0 saturated carbocycles. The van der Waals surface area contributed by atoms with Crippen LogP contribution in [0, 0.1) is 6.92 Å². The Hall–Kier alpha value is -2.80. The number of nitrogen functional groups attached to an aromatic ring is 1. The molecule has 2 aromatic rings. The van der Waals surface area contributed by atoms with E-state index in [2.05, 4.69) is 9.97 Å². The maximum absolute atomic E-state index is 11.8. The average Bonchev–Trinajstić information content (AvgIpc) is 3.12. The number of carbonyl (C=O) groups is 2. The summed E-state index contributed by atoms with van der Waals surface area (Å²) in [5, 5.41) is 20.9. The number of fused-ring (bicyclic) bond motifs is 1. The first kappa shape index (κ1) is 19.9. The third-order valence-corrected chi connectivity index (χ3v) is 4.45. The number of hydrogen-bond donors (Lipinski definition) is 5. The highest BCUT2D eigenvalue weighted by atomic mass is 16.6. The van der Waals surface area contributed by atoms with Gasteiger partial charge in [-0.25, -0.2) is 9.97 Å². The lowest BCUT2D eigenvalue weighted by Gasteiger charge is -2.17. The Morgan fingerprint density at radius 2 is 2.04 bits per heavy atom. The topological polar surface area (TPSA) is 202 Å². The van der Waals surface area contributed by atoms with Crippen molar-refractivity contribution in [1.82, 2.24) is 14.5 Å². The second-order valence-electron chi connectivity index (χ2n) is 6.63. The highest BCUT2D eigenvalue weighted by molar-refractivity contribution is 6.08. The predicted molar refractivity (Wildman–Crippen MR) is 95.7 cm³/mol.